The molecule has 1 N–H and O–H groups in total. The smallest absolute Gasteiger partial charge is 0.416 e. The first-order valence-electron chi connectivity index (χ1n) is 9.11. The van der Waals surface area contributed by atoms with Gasteiger partial charge in [0.05, 0.1) is 12.7 Å². The number of benzene rings is 3. The summed E-state index contributed by atoms with van der Waals surface area (Å²) in [5, 5.41) is 13.5. The molecule has 0 spiro atoms. The van der Waals surface area contributed by atoms with Crippen molar-refractivity contribution in [1.29, 1.82) is 0 Å². The zero-order valence-electron chi connectivity index (χ0n) is 16.4. The third-order valence-corrected chi connectivity index (χ3v) is 4.45. The molecule has 0 radical (unpaired) electrons. The molecule has 1 aromatic heterocycles. The third-order valence-electron chi connectivity index (χ3n) is 4.45. The molecule has 10 heteroatoms. The number of rotatable bonds is 5. The van der Waals surface area contributed by atoms with Gasteiger partial charge in [0.1, 0.15) is 11.5 Å². The molecule has 0 bridgehead atoms. The Kier molecular flexibility index (Phi) is 5.43. The Hall–Kier alpha value is -4.08. The molecule has 0 amide bonds. The Labute approximate surface area is 178 Å². The van der Waals surface area contributed by atoms with Crippen LogP contribution in [0.3, 0.4) is 0 Å². The van der Waals surface area contributed by atoms with Crippen LogP contribution in [0.5, 0.6) is 23.0 Å². The molecule has 0 saturated carbocycles. The number of alkyl halides is 3. The van der Waals surface area contributed by atoms with E-state index in [4.69, 9.17) is 14.0 Å². The second-order valence-electron chi connectivity index (χ2n) is 6.58. The molecule has 0 aliphatic carbocycles. The number of nitrogens with zero attached hydrogens (tertiary/aromatic N) is 2. The van der Waals surface area contributed by atoms with Crippen LogP contribution in [-0.4, -0.2) is 22.4 Å². The molecule has 0 atom stereocenters. The molecule has 1 heterocycles. The number of phenols is 1. The second-order valence-corrected chi connectivity index (χ2v) is 6.58. The highest BCUT2D eigenvalue weighted by Gasteiger charge is 2.30. The average Bonchev–Trinajstić information content (AvgIpc) is 3.26. The average molecular weight is 446 g/mol. The van der Waals surface area contributed by atoms with Crippen molar-refractivity contribution >= 4 is 0 Å². The van der Waals surface area contributed by atoms with Gasteiger partial charge in [-0.15, -0.1) is 0 Å². The zero-order valence-corrected chi connectivity index (χ0v) is 16.4. The predicted octanol–water partition coefficient (Wildman–Crippen LogP) is 6.07. The van der Waals surface area contributed by atoms with Gasteiger partial charge in [-0.3, -0.25) is 0 Å². The lowest BCUT2D eigenvalue weighted by Crippen LogP contribution is -2.03. The van der Waals surface area contributed by atoms with E-state index in [1.165, 1.54) is 25.3 Å². The van der Waals surface area contributed by atoms with E-state index in [9.17, 15) is 22.7 Å². The molecule has 4 rings (SSSR count). The summed E-state index contributed by atoms with van der Waals surface area (Å²) in [4.78, 5) is 4.21. The maximum atomic E-state index is 13.9. The van der Waals surface area contributed by atoms with E-state index in [1.807, 2.05) is 0 Å². The number of hydrogen-bond acceptors (Lipinski definition) is 6. The Balaban J connectivity index is 1.51. The van der Waals surface area contributed by atoms with Crippen molar-refractivity contribution < 1.29 is 36.7 Å². The van der Waals surface area contributed by atoms with Crippen LogP contribution in [0, 0.1) is 5.82 Å². The molecule has 3 aromatic carbocycles. The molecule has 164 valence electrons. The summed E-state index contributed by atoms with van der Waals surface area (Å²) in [7, 11) is 1.28. The molecule has 0 unspecified atom stereocenters. The van der Waals surface area contributed by atoms with Gasteiger partial charge in [0.25, 0.3) is 5.89 Å². The number of methoxy groups -OCH3 is 1. The fraction of sp³-hybridized carbons (Fsp3) is 0.0909. The van der Waals surface area contributed by atoms with Crippen LogP contribution < -0.4 is 9.47 Å². The van der Waals surface area contributed by atoms with Gasteiger partial charge in [-0.25, -0.2) is 4.39 Å². The number of halogens is 4. The van der Waals surface area contributed by atoms with Crippen LogP contribution in [0.2, 0.25) is 0 Å². The van der Waals surface area contributed by atoms with Crippen molar-refractivity contribution in [1.82, 2.24) is 10.1 Å². The van der Waals surface area contributed by atoms with E-state index < -0.39 is 23.3 Å². The summed E-state index contributed by atoms with van der Waals surface area (Å²) < 4.78 is 67.4. The van der Waals surface area contributed by atoms with E-state index in [1.54, 1.807) is 24.3 Å². The first-order valence-corrected chi connectivity index (χ1v) is 9.11. The summed E-state index contributed by atoms with van der Waals surface area (Å²) in [6.07, 6.45) is -4.42. The Bertz CT molecular complexity index is 1240. The molecule has 0 fully saturated rings. The number of phenolic OH excluding ortho intramolecular Hbond substituents is 1. The van der Waals surface area contributed by atoms with E-state index in [0.717, 1.165) is 18.2 Å². The summed E-state index contributed by atoms with van der Waals surface area (Å²) in [5.74, 6) is -0.734. The lowest BCUT2D eigenvalue weighted by atomic mass is 10.2. The fourth-order valence-corrected chi connectivity index (χ4v) is 2.83. The molecule has 32 heavy (non-hydrogen) atoms. The normalized spacial score (nSPS) is 11.4. The summed E-state index contributed by atoms with van der Waals surface area (Å²) >= 11 is 0. The number of hydrogen-bond donors (Lipinski definition) is 1. The van der Waals surface area contributed by atoms with E-state index in [0.29, 0.717) is 11.3 Å². The summed E-state index contributed by atoms with van der Waals surface area (Å²) in [6, 6.07) is 13.2. The van der Waals surface area contributed by atoms with Crippen LogP contribution in [0.1, 0.15) is 5.56 Å². The Morgan fingerprint density at radius 1 is 0.906 bits per heavy atom. The minimum Gasteiger partial charge on any atom is -0.502 e. The Morgan fingerprint density at radius 2 is 1.53 bits per heavy atom. The molecular weight excluding hydrogens is 432 g/mol. The quantitative estimate of drug-likeness (QED) is 0.375. The maximum Gasteiger partial charge on any atom is 0.416 e. The zero-order chi connectivity index (χ0) is 22.9. The highest BCUT2D eigenvalue weighted by Crippen LogP contribution is 2.35. The lowest BCUT2D eigenvalue weighted by molar-refractivity contribution is -0.137. The van der Waals surface area contributed by atoms with Crippen molar-refractivity contribution in [2.24, 2.45) is 0 Å². The van der Waals surface area contributed by atoms with Crippen LogP contribution >= 0.6 is 0 Å². The highest BCUT2D eigenvalue weighted by molar-refractivity contribution is 5.63. The molecular formula is C22H14F4N2O4. The van der Waals surface area contributed by atoms with Gasteiger partial charge in [0.15, 0.2) is 17.3 Å². The standard InChI is InChI=1S/C22H14F4N2O4/c1-30-18-11-13(10-17(23)19(18)29)21-27-20(28-32-21)12-2-6-15(7-3-12)31-16-8-4-14(5-9-16)22(24,25)26/h2-11,29H,1H3. The minimum atomic E-state index is -4.42. The number of aromatic hydroxyl groups is 1. The predicted molar refractivity (Wildman–Crippen MR) is 105 cm³/mol. The van der Waals surface area contributed by atoms with Gasteiger partial charge in [-0.05, 0) is 60.7 Å². The van der Waals surface area contributed by atoms with Crippen LogP contribution in [-0.2, 0) is 6.18 Å². The largest absolute Gasteiger partial charge is 0.502 e. The monoisotopic (exact) mass is 446 g/mol. The van der Waals surface area contributed by atoms with Gasteiger partial charge in [-0.1, -0.05) is 5.16 Å². The first kappa shape index (κ1) is 21.2. The molecule has 6 nitrogen and oxygen atoms in total. The van der Waals surface area contributed by atoms with Gasteiger partial charge in [0.2, 0.25) is 5.82 Å². The third kappa shape index (κ3) is 4.34. The molecule has 0 aliphatic heterocycles. The lowest BCUT2D eigenvalue weighted by Gasteiger charge is -2.09. The van der Waals surface area contributed by atoms with Crippen LogP contribution in [0.25, 0.3) is 22.8 Å². The van der Waals surface area contributed by atoms with Crippen LogP contribution in [0.15, 0.2) is 65.2 Å². The van der Waals surface area contributed by atoms with E-state index in [-0.39, 0.29) is 28.8 Å². The summed E-state index contributed by atoms with van der Waals surface area (Å²) in [6.45, 7) is 0. The van der Waals surface area contributed by atoms with Crippen molar-refractivity contribution in [2.45, 2.75) is 6.18 Å². The van der Waals surface area contributed by atoms with Gasteiger partial charge in [-0.2, -0.15) is 18.2 Å². The summed E-state index contributed by atoms with van der Waals surface area (Å²) in [5.41, 5.74) is 0.0170. The number of aromatic nitrogens is 2. The maximum absolute atomic E-state index is 13.9. The van der Waals surface area contributed by atoms with Crippen molar-refractivity contribution in [3.05, 3.63) is 72.0 Å². The van der Waals surface area contributed by atoms with Crippen molar-refractivity contribution in [3.8, 4) is 45.8 Å². The first-order chi connectivity index (χ1) is 15.2. The van der Waals surface area contributed by atoms with Gasteiger partial charge in [0, 0.05) is 11.1 Å². The molecule has 0 aliphatic rings. The van der Waals surface area contributed by atoms with Gasteiger partial charge >= 0.3 is 6.18 Å². The SMILES string of the molecule is COc1cc(-c2nc(-c3ccc(Oc4ccc(C(F)(F)F)cc4)cc3)no2)cc(F)c1O. The van der Waals surface area contributed by atoms with Gasteiger partial charge < -0.3 is 19.1 Å². The fourth-order valence-electron chi connectivity index (χ4n) is 2.83. The Morgan fingerprint density at radius 3 is 2.12 bits per heavy atom. The highest BCUT2D eigenvalue weighted by atomic mass is 19.4. The van der Waals surface area contributed by atoms with Crippen LogP contribution in [0.4, 0.5) is 17.6 Å². The van der Waals surface area contributed by atoms with E-state index >= 15 is 0 Å². The van der Waals surface area contributed by atoms with Crippen molar-refractivity contribution in [3.63, 3.8) is 0 Å². The van der Waals surface area contributed by atoms with E-state index in [2.05, 4.69) is 10.1 Å². The molecule has 0 saturated heterocycles. The topological polar surface area (TPSA) is 77.6 Å². The second kappa shape index (κ2) is 8.22. The number of ether oxygens (including phenoxy) is 2. The minimum absolute atomic E-state index is 0.0160. The molecule has 4 aromatic rings. The van der Waals surface area contributed by atoms with Crippen molar-refractivity contribution in [2.75, 3.05) is 7.11 Å².